The van der Waals surface area contributed by atoms with Crippen molar-refractivity contribution in [2.24, 2.45) is 0 Å². The molecule has 1 rings (SSSR count). The van der Waals surface area contributed by atoms with E-state index in [0.717, 1.165) is 0 Å². The molecule has 17 heavy (non-hydrogen) atoms. The van der Waals surface area contributed by atoms with E-state index < -0.39 is 12.2 Å². The summed E-state index contributed by atoms with van der Waals surface area (Å²) in [4.78, 5) is 0. The number of aliphatic hydroxyl groups is 2. The molecule has 92 valence electrons. The Morgan fingerprint density at radius 2 is 2.18 bits per heavy atom. The maximum atomic E-state index is 9.96. The molecule has 0 aliphatic heterocycles. The number of rotatable bonds is 5. The van der Waals surface area contributed by atoms with Crippen LogP contribution in [-0.4, -0.2) is 29.9 Å². The lowest BCUT2D eigenvalue weighted by Crippen LogP contribution is -2.23. The van der Waals surface area contributed by atoms with Gasteiger partial charge in [0.25, 0.3) is 0 Å². The third-order valence-corrected chi connectivity index (χ3v) is 2.74. The van der Waals surface area contributed by atoms with Gasteiger partial charge in [-0.1, -0.05) is 11.6 Å². The Hall–Kier alpha value is -1.12. The van der Waals surface area contributed by atoms with Gasteiger partial charge < -0.3 is 15.5 Å². The van der Waals surface area contributed by atoms with Crippen molar-refractivity contribution in [1.82, 2.24) is 5.32 Å². The molecule has 2 atom stereocenters. The van der Waals surface area contributed by atoms with Crippen molar-refractivity contribution >= 4 is 11.6 Å². The van der Waals surface area contributed by atoms with Crippen LogP contribution in [0.25, 0.3) is 0 Å². The summed E-state index contributed by atoms with van der Waals surface area (Å²) in [5.41, 5.74) is 0.689. The Balaban J connectivity index is 2.91. The van der Waals surface area contributed by atoms with Crippen LogP contribution in [0, 0.1) is 11.3 Å². The molecule has 5 heteroatoms. The zero-order valence-electron chi connectivity index (χ0n) is 9.52. The minimum Gasteiger partial charge on any atom is -0.390 e. The van der Waals surface area contributed by atoms with Crippen LogP contribution in [0.3, 0.4) is 0 Å². The van der Waals surface area contributed by atoms with E-state index in [-0.39, 0.29) is 0 Å². The van der Waals surface area contributed by atoms with Gasteiger partial charge >= 0.3 is 0 Å². The smallest absolute Gasteiger partial charge is 0.106 e. The molecule has 0 aliphatic carbocycles. The summed E-state index contributed by atoms with van der Waals surface area (Å²) in [6.07, 6.45) is -1.63. The van der Waals surface area contributed by atoms with E-state index >= 15 is 0 Å². The average molecular weight is 255 g/mol. The number of hydrogen-bond donors (Lipinski definition) is 3. The van der Waals surface area contributed by atoms with Gasteiger partial charge in [-0.2, -0.15) is 5.26 Å². The zero-order valence-corrected chi connectivity index (χ0v) is 10.3. The van der Waals surface area contributed by atoms with E-state index in [4.69, 9.17) is 16.9 Å². The van der Waals surface area contributed by atoms with Gasteiger partial charge in [0, 0.05) is 10.6 Å². The molecule has 3 N–H and O–H groups in total. The van der Waals surface area contributed by atoms with Gasteiger partial charge in [-0.15, -0.1) is 0 Å². The van der Waals surface area contributed by atoms with Crippen molar-refractivity contribution in [2.45, 2.75) is 18.6 Å². The number of nitrogens with zero attached hydrogens (tertiary/aromatic N) is 1. The summed E-state index contributed by atoms with van der Waals surface area (Å²) < 4.78 is 0. The second-order valence-electron chi connectivity index (χ2n) is 3.75. The first-order valence-corrected chi connectivity index (χ1v) is 5.68. The highest BCUT2D eigenvalue weighted by Crippen LogP contribution is 2.25. The second-order valence-corrected chi connectivity index (χ2v) is 4.18. The molecular formula is C12H15ClN2O2. The van der Waals surface area contributed by atoms with Crippen molar-refractivity contribution in [3.63, 3.8) is 0 Å². The standard InChI is InChI=1S/C12H15ClN2O2/c1-15-5-4-11(16)12(17)10-6-9(13)3-2-8(10)7-14/h2-3,6,11-12,15-17H,4-5H2,1H3. The predicted molar refractivity (Wildman–Crippen MR) is 65.7 cm³/mol. The molecule has 0 saturated carbocycles. The Bertz CT molecular complexity index is 417. The summed E-state index contributed by atoms with van der Waals surface area (Å²) in [6.45, 7) is 0.584. The summed E-state index contributed by atoms with van der Waals surface area (Å²) in [5.74, 6) is 0. The first kappa shape index (κ1) is 13.9. The van der Waals surface area contributed by atoms with Crippen molar-refractivity contribution in [1.29, 1.82) is 5.26 Å². The van der Waals surface area contributed by atoms with E-state index in [1.54, 1.807) is 13.1 Å². The van der Waals surface area contributed by atoms with Crippen molar-refractivity contribution in [3.05, 3.63) is 34.3 Å². The first-order chi connectivity index (χ1) is 8.10. The number of aliphatic hydroxyl groups excluding tert-OH is 2. The van der Waals surface area contributed by atoms with E-state index in [1.807, 2.05) is 6.07 Å². The van der Waals surface area contributed by atoms with Crippen molar-refractivity contribution in [3.8, 4) is 6.07 Å². The van der Waals surface area contributed by atoms with Gasteiger partial charge in [0.1, 0.15) is 6.10 Å². The molecule has 0 aromatic heterocycles. The summed E-state index contributed by atoms with van der Waals surface area (Å²) >= 11 is 5.81. The normalized spacial score (nSPS) is 14.1. The van der Waals surface area contributed by atoms with Gasteiger partial charge in [-0.05, 0) is 38.2 Å². The van der Waals surface area contributed by atoms with Crippen molar-refractivity contribution in [2.75, 3.05) is 13.6 Å². The Kier molecular flexibility index (Phi) is 5.39. The minimum absolute atomic E-state index is 0.324. The largest absolute Gasteiger partial charge is 0.390 e. The molecule has 2 unspecified atom stereocenters. The lowest BCUT2D eigenvalue weighted by atomic mass is 9.97. The van der Waals surface area contributed by atoms with E-state index in [1.165, 1.54) is 12.1 Å². The molecule has 0 fully saturated rings. The highest BCUT2D eigenvalue weighted by atomic mass is 35.5. The fraction of sp³-hybridized carbons (Fsp3) is 0.417. The molecule has 0 radical (unpaired) electrons. The Labute approximate surface area is 105 Å². The van der Waals surface area contributed by atoms with Crippen LogP contribution >= 0.6 is 11.6 Å². The average Bonchev–Trinajstić information content (AvgIpc) is 2.34. The lowest BCUT2D eigenvalue weighted by molar-refractivity contribution is 0.0139. The molecule has 0 saturated heterocycles. The number of hydrogen-bond acceptors (Lipinski definition) is 4. The molecule has 1 aromatic rings. The molecule has 4 nitrogen and oxygen atoms in total. The zero-order chi connectivity index (χ0) is 12.8. The number of nitrogens with one attached hydrogen (secondary N) is 1. The number of benzene rings is 1. The van der Waals surface area contributed by atoms with Gasteiger partial charge in [0.15, 0.2) is 0 Å². The molecule has 0 amide bonds. The Morgan fingerprint density at radius 3 is 2.76 bits per heavy atom. The Morgan fingerprint density at radius 1 is 1.47 bits per heavy atom. The van der Waals surface area contributed by atoms with Crippen molar-refractivity contribution < 1.29 is 10.2 Å². The quantitative estimate of drug-likeness (QED) is 0.738. The fourth-order valence-corrected chi connectivity index (χ4v) is 1.72. The molecule has 1 aromatic carbocycles. The molecule has 0 bridgehead atoms. The van der Waals surface area contributed by atoms with Crippen LogP contribution in [0.5, 0.6) is 0 Å². The number of halogens is 1. The minimum atomic E-state index is -1.10. The van der Waals surface area contributed by atoms with Crippen LogP contribution < -0.4 is 5.32 Å². The highest BCUT2D eigenvalue weighted by molar-refractivity contribution is 6.30. The highest BCUT2D eigenvalue weighted by Gasteiger charge is 2.21. The predicted octanol–water partition coefficient (Wildman–Crippen LogP) is 1.22. The maximum Gasteiger partial charge on any atom is 0.106 e. The SMILES string of the molecule is CNCCC(O)C(O)c1cc(Cl)ccc1C#N. The van der Waals surface area contributed by atoms with Gasteiger partial charge in [0.05, 0.1) is 17.7 Å². The van der Waals surface area contributed by atoms with Crippen LogP contribution in [0.1, 0.15) is 23.7 Å². The van der Waals surface area contributed by atoms with E-state index in [2.05, 4.69) is 5.32 Å². The summed E-state index contributed by atoms with van der Waals surface area (Å²) in [7, 11) is 1.76. The van der Waals surface area contributed by atoms with Crippen LogP contribution in [-0.2, 0) is 0 Å². The molecule has 0 heterocycles. The topological polar surface area (TPSA) is 76.3 Å². The first-order valence-electron chi connectivity index (χ1n) is 5.30. The van der Waals surface area contributed by atoms with E-state index in [9.17, 15) is 10.2 Å². The number of nitriles is 1. The summed E-state index contributed by atoms with van der Waals surface area (Å²) in [6, 6.07) is 6.59. The van der Waals surface area contributed by atoms with Gasteiger partial charge in [0.2, 0.25) is 0 Å². The fourth-order valence-electron chi connectivity index (χ4n) is 1.54. The monoisotopic (exact) mass is 254 g/mol. The van der Waals surface area contributed by atoms with Gasteiger partial charge in [-0.25, -0.2) is 0 Å². The molecule has 0 aliphatic rings. The third-order valence-electron chi connectivity index (χ3n) is 2.51. The van der Waals surface area contributed by atoms with Gasteiger partial charge in [-0.3, -0.25) is 0 Å². The summed E-state index contributed by atoms with van der Waals surface area (Å²) in [5, 5.41) is 32.0. The van der Waals surface area contributed by atoms with E-state index in [0.29, 0.717) is 29.1 Å². The second kappa shape index (κ2) is 6.58. The molecule has 0 spiro atoms. The molecular weight excluding hydrogens is 240 g/mol. The third kappa shape index (κ3) is 3.69. The van der Waals surface area contributed by atoms with Crippen LogP contribution in [0.2, 0.25) is 5.02 Å². The van der Waals surface area contributed by atoms with Crippen LogP contribution in [0.4, 0.5) is 0 Å². The van der Waals surface area contributed by atoms with Crippen LogP contribution in [0.15, 0.2) is 18.2 Å². The maximum absolute atomic E-state index is 9.96. The lowest BCUT2D eigenvalue weighted by Gasteiger charge is -2.19.